The number of anilines is 1. The highest BCUT2D eigenvalue weighted by Gasteiger charge is 2.49. The van der Waals surface area contributed by atoms with E-state index in [1.165, 1.54) is 14.2 Å². The standard InChI is InChI=1S/C20H20ClN3O5/c1-20(12-7-8-15(28-2)16(9-12)29-3)18(26)24(19(27)23-20)11-17(25)22-14-6-4-5-13(21)10-14/h4-10H,11H2,1-3H3,(H,22,25)(H,23,27)/t20-/m1/s1. The maximum absolute atomic E-state index is 13.0. The van der Waals surface area contributed by atoms with Crippen molar-refractivity contribution in [2.24, 2.45) is 0 Å². The molecule has 152 valence electrons. The minimum atomic E-state index is -1.34. The smallest absolute Gasteiger partial charge is 0.325 e. The number of carbonyl (C=O) groups is 3. The third-order valence-electron chi connectivity index (χ3n) is 4.65. The second-order valence-electron chi connectivity index (χ2n) is 6.57. The summed E-state index contributed by atoms with van der Waals surface area (Å²) in [6, 6.07) is 10.8. The van der Waals surface area contributed by atoms with Crippen LogP contribution in [0.25, 0.3) is 0 Å². The molecule has 9 heteroatoms. The first kappa shape index (κ1) is 20.5. The number of nitrogens with one attached hydrogen (secondary N) is 2. The molecule has 8 nitrogen and oxygen atoms in total. The Morgan fingerprint density at radius 1 is 1.14 bits per heavy atom. The number of hydrogen-bond acceptors (Lipinski definition) is 5. The number of hydrogen-bond donors (Lipinski definition) is 2. The molecule has 1 fully saturated rings. The highest BCUT2D eigenvalue weighted by molar-refractivity contribution is 6.30. The van der Waals surface area contributed by atoms with E-state index in [2.05, 4.69) is 10.6 Å². The van der Waals surface area contributed by atoms with Crippen molar-refractivity contribution in [1.29, 1.82) is 0 Å². The van der Waals surface area contributed by atoms with Crippen molar-refractivity contribution < 1.29 is 23.9 Å². The van der Waals surface area contributed by atoms with Crippen LogP contribution in [0.15, 0.2) is 42.5 Å². The van der Waals surface area contributed by atoms with Crippen LogP contribution in [-0.2, 0) is 15.1 Å². The number of rotatable bonds is 6. The zero-order chi connectivity index (χ0) is 21.2. The summed E-state index contributed by atoms with van der Waals surface area (Å²) in [7, 11) is 2.98. The van der Waals surface area contributed by atoms with Crippen LogP contribution in [0.3, 0.4) is 0 Å². The van der Waals surface area contributed by atoms with E-state index in [0.717, 1.165) is 4.90 Å². The fraction of sp³-hybridized carbons (Fsp3) is 0.250. The van der Waals surface area contributed by atoms with Crippen LogP contribution in [0.2, 0.25) is 5.02 Å². The maximum atomic E-state index is 13.0. The van der Waals surface area contributed by atoms with Crippen LogP contribution in [0, 0.1) is 0 Å². The van der Waals surface area contributed by atoms with E-state index in [1.54, 1.807) is 49.4 Å². The van der Waals surface area contributed by atoms with Crippen LogP contribution in [-0.4, -0.2) is 43.5 Å². The van der Waals surface area contributed by atoms with Gasteiger partial charge in [0.1, 0.15) is 12.1 Å². The van der Waals surface area contributed by atoms with Crippen molar-refractivity contribution in [3.63, 3.8) is 0 Å². The van der Waals surface area contributed by atoms with Crippen molar-refractivity contribution in [3.05, 3.63) is 53.1 Å². The zero-order valence-electron chi connectivity index (χ0n) is 16.1. The molecule has 4 amide bonds. The van der Waals surface area contributed by atoms with Crippen molar-refractivity contribution in [2.45, 2.75) is 12.5 Å². The summed E-state index contributed by atoms with van der Waals surface area (Å²) in [6.07, 6.45) is 0. The van der Waals surface area contributed by atoms with Crippen LogP contribution >= 0.6 is 11.6 Å². The summed E-state index contributed by atoms with van der Waals surface area (Å²) >= 11 is 5.90. The quantitative estimate of drug-likeness (QED) is 0.704. The Balaban J connectivity index is 1.79. The monoisotopic (exact) mass is 417 g/mol. The van der Waals surface area contributed by atoms with Crippen LogP contribution < -0.4 is 20.1 Å². The summed E-state index contributed by atoms with van der Waals surface area (Å²) in [5.74, 6) is -0.150. The lowest BCUT2D eigenvalue weighted by Crippen LogP contribution is -2.42. The molecule has 0 aliphatic carbocycles. The summed E-state index contributed by atoms with van der Waals surface area (Å²) in [6.45, 7) is 1.14. The van der Waals surface area contributed by atoms with Gasteiger partial charge < -0.3 is 20.1 Å². The van der Waals surface area contributed by atoms with Crippen LogP contribution in [0.5, 0.6) is 11.5 Å². The first-order valence-electron chi connectivity index (χ1n) is 8.70. The normalized spacial score (nSPS) is 18.4. The number of halogens is 1. The fourth-order valence-corrected chi connectivity index (χ4v) is 3.28. The van der Waals surface area contributed by atoms with Gasteiger partial charge in [0.15, 0.2) is 11.5 Å². The zero-order valence-corrected chi connectivity index (χ0v) is 16.9. The molecule has 0 radical (unpaired) electrons. The lowest BCUT2D eigenvalue weighted by atomic mass is 9.91. The lowest BCUT2D eigenvalue weighted by Gasteiger charge is -2.23. The predicted molar refractivity (Wildman–Crippen MR) is 107 cm³/mol. The molecule has 0 unspecified atom stereocenters. The van der Waals surface area contributed by atoms with Crippen molar-refractivity contribution in [3.8, 4) is 11.5 Å². The summed E-state index contributed by atoms with van der Waals surface area (Å²) in [5, 5.41) is 5.73. The average Bonchev–Trinajstić information content (AvgIpc) is 2.91. The Morgan fingerprint density at radius 3 is 2.52 bits per heavy atom. The van der Waals surface area contributed by atoms with Crippen LogP contribution in [0.4, 0.5) is 10.5 Å². The van der Waals surface area contributed by atoms with Gasteiger partial charge in [-0.05, 0) is 42.8 Å². The molecule has 29 heavy (non-hydrogen) atoms. The third kappa shape index (κ3) is 3.97. The first-order valence-corrected chi connectivity index (χ1v) is 9.08. The molecule has 0 saturated carbocycles. The summed E-state index contributed by atoms with van der Waals surface area (Å²) < 4.78 is 10.5. The molecule has 3 rings (SSSR count). The van der Waals surface area contributed by atoms with Gasteiger partial charge in [0.25, 0.3) is 5.91 Å². The molecule has 0 aromatic heterocycles. The molecule has 2 N–H and O–H groups in total. The van der Waals surface area contributed by atoms with Gasteiger partial charge in [0.05, 0.1) is 14.2 Å². The Hall–Kier alpha value is -3.26. The minimum absolute atomic E-state index is 0.422. The van der Waals surface area contributed by atoms with E-state index < -0.39 is 29.9 Å². The van der Waals surface area contributed by atoms with Crippen molar-refractivity contribution >= 4 is 35.1 Å². The lowest BCUT2D eigenvalue weighted by molar-refractivity contribution is -0.133. The maximum Gasteiger partial charge on any atom is 0.325 e. The van der Waals surface area contributed by atoms with E-state index >= 15 is 0 Å². The largest absolute Gasteiger partial charge is 0.493 e. The molecule has 1 atom stereocenters. The van der Waals surface area contributed by atoms with Gasteiger partial charge in [-0.3, -0.25) is 14.5 Å². The van der Waals surface area contributed by atoms with Gasteiger partial charge in [-0.25, -0.2) is 4.79 Å². The molecule has 1 aliphatic rings. The number of carbonyl (C=O) groups excluding carboxylic acids is 3. The van der Waals surface area contributed by atoms with E-state index in [0.29, 0.717) is 27.8 Å². The third-order valence-corrected chi connectivity index (χ3v) is 4.88. The van der Waals surface area contributed by atoms with Gasteiger partial charge in [0.2, 0.25) is 5.91 Å². The highest BCUT2D eigenvalue weighted by Crippen LogP contribution is 2.35. The molecular formula is C20H20ClN3O5. The molecule has 1 saturated heterocycles. The molecule has 0 bridgehead atoms. The number of nitrogens with zero attached hydrogens (tertiary/aromatic N) is 1. The van der Waals surface area contributed by atoms with Gasteiger partial charge >= 0.3 is 6.03 Å². The van der Waals surface area contributed by atoms with Crippen molar-refractivity contribution in [2.75, 3.05) is 26.1 Å². The minimum Gasteiger partial charge on any atom is -0.493 e. The Bertz CT molecular complexity index is 980. The summed E-state index contributed by atoms with van der Waals surface area (Å²) in [4.78, 5) is 38.6. The number of benzene rings is 2. The molecule has 1 aliphatic heterocycles. The number of amides is 4. The number of methoxy groups -OCH3 is 2. The highest BCUT2D eigenvalue weighted by atomic mass is 35.5. The van der Waals surface area contributed by atoms with Crippen molar-refractivity contribution in [1.82, 2.24) is 10.2 Å². The molecular weight excluding hydrogens is 398 g/mol. The van der Waals surface area contributed by atoms with Gasteiger partial charge in [0, 0.05) is 10.7 Å². The second kappa shape index (κ2) is 8.00. The van der Waals surface area contributed by atoms with E-state index in [-0.39, 0.29) is 0 Å². The fourth-order valence-electron chi connectivity index (χ4n) is 3.09. The molecule has 2 aromatic rings. The first-order chi connectivity index (χ1) is 13.8. The SMILES string of the molecule is COc1ccc([C@@]2(C)NC(=O)N(CC(=O)Nc3cccc(Cl)c3)C2=O)cc1OC. The Morgan fingerprint density at radius 2 is 1.86 bits per heavy atom. The topological polar surface area (TPSA) is 97.0 Å². The number of urea groups is 1. The molecule has 1 heterocycles. The van der Waals surface area contributed by atoms with Gasteiger partial charge in [-0.1, -0.05) is 23.7 Å². The number of ether oxygens (including phenoxy) is 2. The van der Waals surface area contributed by atoms with E-state index in [9.17, 15) is 14.4 Å². The Labute approximate surface area is 172 Å². The van der Waals surface area contributed by atoms with Gasteiger partial charge in [-0.15, -0.1) is 0 Å². The van der Waals surface area contributed by atoms with E-state index in [4.69, 9.17) is 21.1 Å². The number of imide groups is 1. The Kier molecular flexibility index (Phi) is 5.65. The predicted octanol–water partition coefficient (Wildman–Crippen LogP) is 2.76. The summed E-state index contributed by atoms with van der Waals surface area (Å²) in [5.41, 5.74) is -0.365. The molecule has 2 aromatic carbocycles. The van der Waals surface area contributed by atoms with Gasteiger partial charge in [-0.2, -0.15) is 0 Å². The van der Waals surface area contributed by atoms with E-state index in [1.807, 2.05) is 0 Å². The molecule has 0 spiro atoms. The van der Waals surface area contributed by atoms with Crippen LogP contribution in [0.1, 0.15) is 12.5 Å². The average molecular weight is 418 g/mol. The second-order valence-corrected chi connectivity index (χ2v) is 7.01.